The van der Waals surface area contributed by atoms with E-state index in [0.717, 1.165) is 6.42 Å². The van der Waals surface area contributed by atoms with Crippen LogP contribution in [0.2, 0.25) is 19.6 Å². The molecule has 0 amide bonds. The molecule has 138 valence electrons. The molecule has 0 fully saturated rings. The van der Waals surface area contributed by atoms with Gasteiger partial charge in [-0.1, -0.05) is 52.0 Å². The first-order chi connectivity index (χ1) is 9.53. The number of hydrogen-bond acceptors (Lipinski definition) is 0. The van der Waals surface area contributed by atoms with Crippen LogP contribution >= 0.6 is 0 Å². The van der Waals surface area contributed by atoms with Crippen molar-refractivity contribution in [2.45, 2.75) is 66.1 Å². The molecular weight excluding hydrogens is 423 g/mol. The smallest absolute Gasteiger partial charge is 1.00 e. The summed E-state index contributed by atoms with van der Waals surface area (Å²) in [7, 11) is -1.25. The Kier molecular flexibility index (Phi) is 13.0. The third-order valence-electron chi connectivity index (χ3n) is 4.87. The topological polar surface area (TPSA) is 0 Å². The Bertz CT molecular complexity index is 641. The van der Waals surface area contributed by atoms with E-state index in [1.54, 1.807) is 0 Å². The molecular formula is C20H29Cl3SiTi. The minimum absolute atomic E-state index is 0. The molecule has 0 saturated carbocycles. The van der Waals surface area contributed by atoms with E-state index in [-0.39, 0.29) is 64.4 Å². The van der Waals surface area contributed by atoms with Crippen molar-refractivity contribution in [3.63, 3.8) is 0 Å². The van der Waals surface area contributed by atoms with Gasteiger partial charge in [0.1, 0.15) is 0 Å². The van der Waals surface area contributed by atoms with Gasteiger partial charge < -0.3 is 37.2 Å². The molecule has 5 heteroatoms. The first-order valence-corrected chi connectivity index (χ1v) is 11.5. The molecule has 0 saturated heterocycles. The Hall–Kier alpha value is 0.501. The molecule has 0 bridgehead atoms. The zero-order valence-electron chi connectivity index (χ0n) is 16.6. The van der Waals surface area contributed by atoms with Crippen LogP contribution in [0.4, 0.5) is 0 Å². The van der Waals surface area contributed by atoms with Gasteiger partial charge in [0.15, 0.2) is 0 Å². The minimum Gasteiger partial charge on any atom is -1.00 e. The van der Waals surface area contributed by atoms with Crippen molar-refractivity contribution in [2.24, 2.45) is 0 Å². The van der Waals surface area contributed by atoms with Crippen LogP contribution in [0.15, 0.2) is 29.0 Å². The normalized spacial score (nSPS) is 13.4. The number of allylic oxidation sites excluding steroid dienone is 4. The molecule has 25 heavy (non-hydrogen) atoms. The number of halogens is 3. The second-order valence-corrected chi connectivity index (χ2v) is 13.1. The van der Waals surface area contributed by atoms with Gasteiger partial charge in [-0.15, -0.1) is 0 Å². The summed E-state index contributed by atoms with van der Waals surface area (Å²) in [6, 6.07) is 4.71. The Morgan fingerprint density at radius 1 is 0.880 bits per heavy atom. The van der Waals surface area contributed by atoms with Gasteiger partial charge >= 0.3 is 21.7 Å². The van der Waals surface area contributed by atoms with E-state index in [4.69, 9.17) is 0 Å². The largest absolute Gasteiger partial charge is 4.00 e. The molecule has 0 aromatic heterocycles. The van der Waals surface area contributed by atoms with Crippen LogP contribution in [0.5, 0.6) is 0 Å². The zero-order chi connectivity index (χ0) is 16.0. The van der Waals surface area contributed by atoms with Crippen LogP contribution in [0.25, 0.3) is 0 Å². The summed E-state index contributed by atoms with van der Waals surface area (Å²) >= 11 is 0. The average Bonchev–Trinajstić information content (AvgIpc) is 2.83. The van der Waals surface area contributed by atoms with Crippen LogP contribution in [0.1, 0.15) is 42.5 Å². The van der Waals surface area contributed by atoms with Crippen LogP contribution in [-0.2, 0) is 27.1 Å². The van der Waals surface area contributed by atoms with Gasteiger partial charge in [0.05, 0.1) is 0 Å². The van der Waals surface area contributed by atoms with E-state index in [2.05, 4.69) is 78.5 Å². The number of benzene rings is 1. The fraction of sp³-hybridized carbons (Fsp3) is 0.500. The van der Waals surface area contributed by atoms with Gasteiger partial charge in [0.2, 0.25) is 0 Å². The Labute approximate surface area is 189 Å². The van der Waals surface area contributed by atoms with Gasteiger partial charge in [0, 0.05) is 8.07 Å². The summed E-state index contributed by atoms with van der Waals surface area (Å²) in [5.41, 5.74) is 7.15. The molecule has 0 unspecified atom stereocenters. The molecule has 2 rings (SSSR count). The van der Waals surface area contributed by atoms with Crippen molar-refractivity contribution in [3.05, 3.63) is 57.3 Å². The third-order valence-corrected chi connectivity index (χ3v) is 6.82. The molecule has 0 radical (unpaired) electrons. The third kappa shape index (κ3) is 6.56. The molecule has 0 N–H and O–H groups in total. The standard InChI is InChI=1S/C20H29Si.3ClH.Ti/c1-14-11-16(3)19(12-15(14)2)20(4,5)17-9-10-18(13-17)21(6,7)8;;;;/h10-12H,9H2,1-8H3;3*1H;/q-1;;;;+4/p-3. The summed E-state index contributed by atoms with van der Waals surface area (Å²) in [6.45, 7) is 18.6. The Morgan fingerprint density at radius 3 is 1.80 bits per heavy atom. The molecule has 1 aliphatic carbocycles. The van der Waals surface area contributed by atoms with Crippen LogP contribution < -0.4 is 37.2 Å². The first-order valence-electron chi connectivity index (χ1n) is 7.96. The second-order valence-electron chi connectivity index (χ2n) is 8.05. The zero-order valence-corrected chi connectivity index (χ0v) is 21.4. The van der Waals surface area contributed by atoms with Gasteiger partial charge in [-0.3, -0.25) is 6.08 Å². The van der Waals surface area contributed by atoms with Crippen molar-refractivity contribution in [1.82, 2.24) is 0 Å². The Balaban J connectivity index is -0.00000121. The fourth-order valence-corrected chi connectivity index (χ4v) is 4.41. The molecule has 1 aromatic carbocycles. The van der Waals surface area contributed by atoms with Crippen molar-refractivity contribution >= 4 is 8.07 Å². The van der Waals surface area contributed by atoms with Crippen molar-refractivity contribution in [1.29, 1.82) is 0 Å². The SMILES string of the molecule is Cc1cc(C)c(C(C)(C)C2=[C-]C([Si](C)(C)C)=CC2)cc1C.[Cl-].[Cl-].[Cl-].[Ti+4]. The molecule has 0 nitrogen and oxygen atoms in total. The number of hydrogen-bond donors (Lipinski definition) is 0. The van der Waals surface area contributed by atoms with E-state index < -0.39 is 8.07 Å². The minimum atomic E-state index is -1.25. The maximum atomic E-state index is 3.77. The predicted molar refractivity (Wildman–Crippen MR) is 96.5 cm³/mol. The number of rotatable bonds is 3. The molecule has 1 aliphatic rings. The maximum Gasteiger partial charge on any atom is 4.00 e. The predicted octanol–water partition coefficient (Wildman–Crippen LogP) is -3.16. The summed E-state index contributed by atoms with van der Waals surface area (Å²) in [5, 5.41) is 1.49. The van der Waals surface area contributed by atoms with E-state index in [1.807, 2.05) is 0 Å². The van der Waals surface area contributed by atoms with Crippen LogP contribution in [-0.4, -0.2) is 8.07 Å². The first kappa shape index (κ1) is 30.2. The van der Waals surface area contributed by atoms with E-state index in [9.17, 15) is 0 Å². The van der Waals surface area contributed by atoms with Gasteiger partial charge in [-0.2, -0.15) is 5.57 Å². The average molecular weight is 452 g/mol. The monoisotopic (exact) mass is 450 g/mol. The van der Waals surface area contributed by atoms with E-state index in [0.29, 0.717) is 0 Å². The summed E-state index contributed by atoms with van der Waals surface area (Å²) < 4.78 is 0. The molecule has 0 spiro atoms. The molecule has 1 aromatic rings. The quantitative estimate of drug-likeness (QED) is 0.336. The van der Waals surface area contributed by atoms with Crippen molar-refractivity contribution in [3.8, 4) is 0 Å². The van der Waals surface area contributed by atoms with Crippen molar-refractivity contribution < 1.29 is 58.9 Å². The fourth-order valence-electron chi connectivity index (χ4n) is 3.17. The molecule has 0 aliphatic heterocycles. The summed E-state index contributed by atoms with van der Waals surface area (Å²) in [5.74, 6) is 0. The summed E-state index contributed by atoms with van der Waals surface area (Å²) in [4.78, 5) is 0. The van der Waals surface area contributed by atoms with Gasteiger partial charge in [-0.05, 0) is 48.4 Å². The van der Waals surface area contributed by atoms with Crippen LogP contribution in [0, 0.1) is 26.8 Å². The number of aryl methyl sites for hydroxylation is 3. The van der Waals surface area contributed by atoms with Crippen LogP contribution in [0.3, 0.4) is 0 Å². The second kappa shape index (κ2) is 10.7. The maximum absolute atomic E-state index is 3.77. The molecule has 0 atom stereocenters. The van der Waals surface area contributed by atoms with Gasteiger partial charge in [0.25, 0.3) is 0 Å². The molecule has 0 heterocycles. The summed E-state index contributed by atoms with van der Waals surface area (Å²) in [6.07, 6.45) is 7.26. The van der Waals surface area contributed by atoms with Gasteiger partial charge in [-0.25, -0.2) is 11.3 Å². The van der Waals surface area contributed by atoms with E-state index in [1.165, 1.54) is 33.0 Å². The van der Waals surface area contributed by atoms with Crippen molar-refractivity contribution in [2.75, 3.05) is 0 Å². The van der Waals surface area contributed by atoms with E-state index >= 15 is 0 Å². The Morgan fingerprint density at radius 2 is 1.36 bits per heavy atom.